The van der Waals surface area contributed by atoms with E-state index in [9.17, 15) is 9.59 Å². The maximum absolute atomic E-state index is 12.4. The van der Waals surface area contributed by atoms with E-state index in [4.69, 9.17) is 4.74 Å². The zero-order valence-corrected chi connectivity index (χ0v) is 21.3. The van der Waals surface area contributed by atoms with Crippen molar-refractivity contribution >= 4 is 23.3 Å². The van der Waals surface area contributed by atoms with Crippen LogP contribution < -0.4 is 10.6 Å². The third kappa shape index (κ3) is 9.93. The standard InChI is InChI=1S/C27H40N4O3/c1-21-10-9-11-22(2)26(21)29-25(32)20-31(5)17-8-6-7-16-28-24-14-12-23(13-15-24)27(33)34-19-18-30(3)4/h9-15,28H,6-8,16-20H2,1-5H3,(H,29,32). The summed E-state index contributed by atoms with van der Waals surface area (Å²) in [7, 11) is 5.87. The fourth-order valence-electron chi connectivity index (χ4n) is 3.56. The van der Waals surface area contributed by atoms with Gasteiger partial charge in [-0.1, -0.05) is 24.6 Å². The molecule has 0 fully saturated rings. The lowest BCUT2D eigenvalue weighted by Gasteiger charge is -2.17. The van der Waals surface area contributed by atoms with E-state index >= 15 is 0 Å². The second-order valence-corrected chi connectivity index (χ2v) is 9.06. The van der Waals surface area contributed by atoms with Gasteiger partial charge in [-0.15, -0.1) is 0 Å². The quantitative estimate of drug-likeness (QED) is 0.320. The third-order valence-corrected chi connectivity index (χ3v) is 5.60. The maximum atomic E-state index is 12.4. The molecule has 0 aliphatic heterocycles. The first kappa shape index (κ1) is 27.3. The Balaban J connectivity index is 1.58. The number of carbonyl (C=O) groups excluding carboxylic acids is 2. The van der Waals surface area contributed by atoms with Gasteiger partial charge < -0.3 is 20.3 Å². The summed E-state index contributed by atoms with van der Waals surface area (Å²) in [6.45, 7) is 7.25. The number of para-hydroxylation sites is 1. The first-order chi connectivity index (χ1) is 16.3. The summed E-state index contributed by atoms with van der Waals surface area (Å²) in [4.78, 5) is 28.4. The van der Waals surface area contributed by atoms with E-state index in [1.54, 1.807) is 12.1 Å². The van der Waals surface area contributed by atoms with Crippen molar-refractivity contribution in [2.75, 3.05) is 64.6 Å². The van der Waals surface area contributed by atoms with Gasteiger partial charge in [0.25, 0.3) is 0 Å². The van der Waals surface area contributed by atoms with Gasteiger partial charge in [-0.2, -0.15) is 0 Å². The van der Waals surface area contributed by atoms with Crippen molar-refractivity contribution in [3.05, 3.63) is 59.2 Å². The monoisotopic (exact) mass is 468 g/mol. The normalized spacial score (nSPS) is 11.0. The van der Waals surface area contributed by atoms with Gasteiger partial charge in [0.15, 0.2) is 0 Å². The predicted octanol–water partition coefficient (Wildman–Crippen LogP) is 4.17. The zero-order chi connectivity index (χ0) is 24.9. The molecule has 0 heterocycles. The molecule has 2 aromatic rings. The summed E-state index contributed by atoms with van der Waals surface area (Å²) in [6, 6.07) is 13.4. The van der Waals surface area contributed by atoms with Crippen molar-refractivity contribution in [2.45, 2.75) is 33.1 Å². The molecule has 1 amide bonds. The van der Waals surface area contributed by atoms with Gasteiger partial charge >= 0.3 is 5.97 Å². The number of hydrogen-bond acceptors (Lipinski definition) is 6. The Morgan fingerprint density at radius 3 is 2.21 bits per heavy atom. The minimum Gasteiger partial charge on any atom is -0.461 e. The summed E-state index contributed by atoms with van der Waals surface area (Å²) >= 11 is 0. The highest BCUT2D eigenvalue weighted by Gasteiger charge is 2.10. The summed E-state index contributed by atoms with van der Waals surface area (Å²) in [5.41, 5.74) is 4.64. The Bertz CT molecular complexity index is 892. The molecule has 0 unspecified atom stereocenters. The van der Waals surface area contributed by atoms with Crippen LogP contribution in [0.15, 0.2) is 42.5 Å². The minimum atomic E-state index is -0.291. The molecule has 34 heavy (non-hydrogen) atoms. The first-order valence-corrected chi connectivity index (χ1v) is 12.0. The molecule has 0 aromatic heterocycles. The highest BCUT2D eigenvalue weighted by Crippen LogP contribution is 2.19. The largest absolute Gasteiger partial charge is 0.461 e. The summed E-state index contributed by atoms with van der Waals surface area (Å²) in [6.07, 6.45) is 3.15. The van der Waals surface area contributed by atoms with E-state index in [0.717, 1.165) is 54.9 Å². The number of aryl methyl sites for hydroxylation is 2. The van der Waals surface area contributed by atoms with Crippen molar-refractivity contribution < 1.29 is 14.3 Å². The second kappa shape index (κ2) is 14.4. The van der Waals surface area contributed by atoms with Crippen LogP contribution in [0.2, 0.25) is 0 Å². The van der Waals surface area contributed by atoms with Crippen LogP contribution in [0.25, 0.3) is 0 Å². The fraction of sp³-hybridized carbons (Fsp3) is 0.481. The molecule has 0 saturated heterocycles. The number of hydrogen-bond donors (Lipinski definition) is 2. The number of nitrogens with one attached hydrogen (secondary N) is 2. The van der Waals surface area contributed by atoms with Crippen molar-refractivity contribution in [1.82, 2.24) is 9.80 Å². The van der Waals surface area contributed by atoms with Crippen LogP contribution in [0.4, 0.5) is 11.4 Å². The van der Waals surface area contributed by atoms with E-state index in [-0.39, 0.29) is 11.9 Å². The van der Waals surface area contributed by atoms with Crippen LogP contribution in [0.1, 0.15) is 40.7 Å². The number of rotatable bonds is 14. The predicted molar refractivity (Wildman–Crippen MR) is 140 cm³/mol. The highest BCUT2D eigenvalue weighted by molar-refractivity contribution is 5.93. The average Bonchev–Trinajstić information content (AvgIpc) is 2.78. The van der Waals surface area contributed by atoms with Gasteiger partial charge in [-0.25, -0.2) is 4.79 Å². The van der Waals surface area contributed by atoms with Crippen LogP contribution >= 0.6 is 0 Å². The van der Waals surface area contributed by atoms with Gasteiger partial charge in [-0.05, 0) is 89.8 Å². The third-order valence-electron chi connectivity index (χ3n) is 5.60. The smallest absolute Gasteiger partial charge is 0.338 e. The highest BCUT2D eigenvalue weighted by atomic mass is 16.5. The number of benzene rings is 2. The molecule has 0 saturated carbocycles. The zero-order valence-electron chi connectivity index (χ0n) is 21.3. The lowest BCUT2D eigenvalue weighted by atomic mass is 10.1. The Morgan fingerprint density at radius 1 is 0.882 bits per heavy atom. The molecule has 0 atom stereocenters. The number of ether oxygens (including phenoxy) is 1. The van der Waals surface area contributed by atoms with Gasteiger partial charge in [0, 0.05) is 24.5 Å². The van der Waals surface area contributed by atoms with Crippen molar-refractivity contribution in [1.29, 1.82) is 0 Å². The van der Waals surface area contributed by atoms with Crippen LogP contribution in [-0.2, 0) is 9.53 Å². The van der Waals surface area contributed by atoms with Gasteiger partial charge in [0.05, 0.1) is 12.1 Å². The molecule has 2 rings (SSSR count). The van der Waals surface area contributed by atoms with Crippen molar-refractivity contribution in [2.24, 2.45) is 0 Å². The molecular formula is C27H40N4O3. The Kier molecular flexibility index (Phi) is 11.6. The van der Waals surface area contributed by atoms with Gasteiger partial charge in [0.1, 0.15) is 6.61 Å². The summed E-state index contributed by atoms with van der Waals surface area (Å²) < 4.78 is 5.26. The van der Waals surface area contributed by atoms with Crippen molar-refractivity contribution in [3.8, 4) is 0 Å². The van der Waals surface area contributed by atoms with Crippen LogP contribution in [0.5, 0.6) is 0 Å². The number of likely N-dealkylation sites (N-methyl/N-ethyl adjacent to an activating group) is 2. The maximum Gasteiger partial charge on any atom is 0.338 e. The molecule has 186 valence electrons. The van der Waals surface area contributed by atoms with Crippen LogP contribution in [0.3, 0.4) is 0 Å². The van der Waals surface area contributed by atoms with E-state index in [1.807, 2.05) is 70.2 Å². The number of nitrogens with zero attached hydrogens (tertiary/aromatic N) is 2. The number of carbonyl (C=O) groups is 2. The van der Waals surface area contributed by atoms with Gasteiger partial charge in [-0.3, -0.25) is 9.69 Å². The second-order valence-electron chi connectivity index (χ2n) is 9.06. The van der Waals surface area contributed by atoms with Crippen molar-refractivity contribution in [3.63, 3.8) is 0 Å². The van der Waals surface area contributed by atoms with E-state index in [2.05, 4.69) is 15.5 Å². The first-order valence-electron chi connectivity index (χ1n) is 12.0. The summed E-state index contributed by atoms with van der Waals surface area (Å²) in [5.74, 6) is -0.271. The SMILES string of the molecule is Cc1cccc(C)c1NC(=O)CN(C)CCCCCNc1ccc(C(=O)OCCN(C)C)cc1. The molecule has 0 aliphatic rings. The number of unbranched alkanes of at least 4 members (excludes halogenated alkanes) is 2. The topological polar surface area (TPSA) is 73.9 Å². The average molecular weight is 469 g/mol. The Morgan fingerprint density at radius 2 is 1.56 bits per heavy atom. The fourth-order valence-corrected chi connectivity index (χ4v) is 3.56. The number of anilines is 2. The summed E-state index contributed by atoms with van der Waals surface area (Å²) in [5, 5.41) is 6.43. The molecule has 2 N–H and O–H groups in total. The van der Waals surface area contributed by atoms with E-state index in [0.29, 0.717) is 25.3 Å². The molecule has 0 bridgehead atoms. The minimum absolute atomic E-state index is 0.0200. The molecule has 7 heteroatoms. The van der Waals surface area contributed by atoms with Gasteiger partial charge in [0.2, 0.25) is 5.91 Å². The van der Waals surface area contributed by atoms with Crippen LogP contribution in [-0.4, -0.2) is 75.6 Å². The van der Waals surface area contributed by atoms with E-state index in [1.165, 1.54) is 0 Å². The molecule has 7 nitrogen and oxygen atoms in total. The molecular weight excluding hydrogens is 428 g/mol. The molecule has 2 aromatic carbocycles. The van der Waals surface area contributed by atoms with Crippen LogP contribution in [0, 0.1) is 13.8 Å². The van der Waals surface area contributed by atoms with E-state index < -0.39 is 0 Å². The Labute approximate surface area is 204 Å². The number of amides is 1. The molecule has 0 spiro atoms. The molecule has 0 radical (unpaired) electrons. The number of esters is 1. The Hall–Kier alpha value is -2.90. The lowest BCUT2D eigenvalue weighted by molar-refractivity contribution is -0.117. The molecule has 0 aliphatic carbocycles. The lowest BCUT2D eigenvalue weighted by Crippen LogP contribution is -2.31.